The summed E-state index contributed by atoms with van der Waals surface area (Å²) in [5.41, 5.74) is 2.74. The number of hydrogen-bond donors (Lipinski definition) is 1. The molecule has 0 fully saturated rings. The van der Waals surface area contributed by atoms with Crippen LogP contribution in [0.25, 0.3) is 23.2 Å². The number of halogens is 2. The van der Waals surface area contributed by atoms with Crippen LogP contribution in [0, 0.1) is 0 Å². The van der Waals surface area contributed by atoms with E-state index < -0.39 is 0 Å². The summed E-state index contributed by atoms with van der Waals surface area (Å²) in [7, 11) is 0. The van der Waals surface area contributed by atoms with E-state index in [0.29, 0.717) is 10.0 Å². The molecule has 0 radical (unpaired) electrons. The molecule has 0 aliphatic rings. The van der Waals surface area contributed by atoms with Gasteiger partial charge in [0.2, 0.25) is 0 Å². The van der Waals surface area contributed by atoms with E-state index in [1.807, 2.05) is 54.6 Å². The molecule has 19 heavy (non-hydrogen) atoms. The highest BCUT2D eigenvalue weighted by Crippen LogP contribution is 2.26. The van der Waals surface area contributed by atoms with Crippen LogP contribution in [-0.4, -0.2) is 9.97 Å². The molecule has 0 atom stereocenters. The van der Waals surface area contributed by atoms with Crippen LogP contribution in [-0.2, 0) is 0 Å². The van der Waals surface area contributed by atoms with Gasteiger partial charge in [0.05, 0.1) is 11.0 Å². The van der Waals surface area contributed by atoms with Crippen LogP contribution < -0.4 is 0 Å². The number of aromatic amines is 1. The maximum absolute atomic E-state index is 6.11. The second-order valence-corrected chi connectivity index (χ2v) is 4.92. The molecule has 0 amide bonds. The molecular formula is C15H10Cl2N2. The van der Waals surface area contributed by atoms with E-state index >= 15 is 0 Å². The molecule has 0 bridgehead atoms. The van der Waals surface area contributed by atoms with Crippen LogP contribution in [0.15, 0.2) is 42.5 Å². The van der Waals surface area contributed by atoms with Crippen molar-refractivity contribution in [3.05, 3.63) is 63.9 Å². The molecule has 0 unspecified atom stereocenters. The summed E-state index contributed by atoms with van der Waals surface area (Å²) in [5.74, 6) is 0.775. The Bertz CT molecular complexity index is 706. The molecule has 1 N–H and O–H groups in total. The zero-order valence-electron chi connectivity index (χ0n) is 9.90. The van der Waals surface area contributed by atoms with Gasteiger partial charge in [-0.1, -0.05) is 41.4 Å². The second kappa shape index (κ2) is 5.08. The lowest BCUT2D eigenvalue weighted by Gasteiger charge is -1.99. The van der Waals surface area contributed by atoms with E-state index in [-0.39, 0.29) is 0 Å². The maximum atomic E-state index is 6.11. The summed E-state index contributed by atoms with van der Waals surface area (Å²) < 4.78 is 0. The summed E-state index contributed by atoms with van der Waals surface area (Å²) in [5, 5.41) is 1.25. The number of para-hydroxylation sites is 2. The number of fused-ring (bicyclic) bond motifs is 1. The average molecular weight is 289 g/mol. The van der Waals surface area contributed by atoms with E-state index in [9.17, 15) is 0 Å². The van der Waals surface area contributed by atoms with Crippen molar-refractivity contribution in [1.29, 1.82) is 0 Å². The van der Waals surface area contributed by atoms with Crippen LogP contribution in [0.1, 0.15) is 11.4 Å². The SMILES string of the molecule is Clc1cccc(Cl)c1/C=C/c1nc2ccccc2[nH]1. The molecule has 2 nitrogen and oxygen atoms in total. The minimum atomic E-state index is 0.625. The van der Waals surface area contributed by atoms with Crippen LogP contribution in [0.4, 0.5) is 0 Å². The van der Waals surface area contributed by atoms with Gasteiger partial charge in [-0.25, -0.2) is 4.98 Å². The third-order valence-corrected chi connectivity index (χ3v) is 3.47. The van der Waals surface area contributed by atoms with Crippen molar-refractivity contribution in [2.45, 2.75) is 0 Å². The molecule has 0 spiro atoms. The third kappa shape index (κ3) is 2.50. The first-order valence-corrected chi connectivity index (χ1v) is 6.56. The van der Waals surface area contributed by atoms with Gasteiger partial charge in [-0.15, -0.1) is 0 Å². The Balaban J connectivity index is 1.98. The first-order chi connectivity index (χ1) is 9.24. The van der Waals surface area contributed by atoms with Gasteiger partial charge in [0.15, 0.2) is 0 Å². The lowest BCUT2D eigenvalue weighted by Crippen LogP contribution is -1.78. The zero-order valence-corrected chi connectivity index (χ0v) is 11.4. The second-order valence-electron chi connectivity index (χ2n) is 4.11. The van der Waals surface area contributed by atoms with Crippen molar-refractivity contribution in [3.63, 3.8) is 0 Å². The van der Waals surface area contributed by atoms with Crippen LogP contribution >= 0.6 is 23.2 Å². The standard InChI is InChI=1S/C15H10Cl2N2/c16-11-4-3-5-12(17)10(11)8-9-15-18-13-6-1-2-7-14(13)19-15/h1-9H,(H,18,19)/b9-8+. The monoisotopic (exact) mass is 288 g/mol. The molecule has 3 rings (SSSR count). The van der Waals surface area contributed by atoms with Gasteiger partial charge in [0.25, 0.3) is 0 Å². The highest BCUT2D eigenvalue weighted by Gasteiger charge is 2.02. The molecule has 2 aromatic carbocycles. The van der Waals surface area contributed by atoms with Gasteiger partial charge in [-0.05, 0) is 36.4 Å². The predicted molar refractivity (Wildman–Crippen MR) is 81.5 cm³/mol. The number of rotatable bonds is 2. The Morgan fingerprint density at radius 2 is 1.63 bits per heavy atom. The summed E-state index contributed by atoms with van der Waals surface area (Å²) in [6.45, 7) is 0. The largest absolute Gasteiger partial charge is 0.338 e. The molecule has 1 heterocycles. The van der Waals surface area contributed by atoms with E-state index in [2.05, 4.69) is 9.97 Å². The van der Waals surface area contributed by atoms with Gasteiger partial charge in [-0.2, -0.15) is 0 Å². The molecule has 3 aromatic rings. The topological polar surface area (TPSA) is 28.7 Å². The van der Waals surface area contributed by atoms with E-state index in [1.54, 1.807) is 0 Å². The van der Waals surface area contributed by atoms with E-state index in [0.717, 1.165) is 22.4 Å². The van der Waals surface area contributed by atoms with Crippen molar-refractivity contribution in [1.82, 2.24) is 9.97 Å². The molecular weight excluding hydrogens is 279 g/mol. The van der Waals surface area contributed by atoms with Gasteiger partial charge in [0.1, 0.15) is 5.82 Å². The number of hydrogen-bond acceptors (Lipinski definition) is 1. The summed E-state index contributed by atoms with van der Waals surface area (Å²) in [6, 6.07) is 13.3. The number of nitrogens with zero attached hydrogens (tertiary/aromatic N) is 1. The fourth-order valence-electron chi connectivity index (χ4n) is 1.88. The predicted octanol–water partition coefficient (Wildman–Crippen LogP) is 5.04. The Kier molecular flexibility index (Phi) is 3.28. The molecule has 94 valence electrons. The smallest absolute Gasteiger partial charge is 0.131 e. The fraction of sp³-hybridized carbons (Fsp3) is 0. The average Bonchev–Trinajstić information content (AvgIpc) is 2.81. The highest BCUT2D eigenvalue weighted by atomic mass is 35.5. The van der Waals surface area contributed by atoms with Crippen molar-refractivity contribution >= 4 is 46.4 Å². The van der Waals surface area contributed by atoms with E-state index in [1.165, 1.54) is 0 Å². The lowest BCUT2D eigenvalue weighted by atomic mass is 10.2. The van der Waals surface area contributed by atoms with Gasteiger partial charge in [-0.3, -0.25) is 0 Å². The summed E-state index contributed by atoms with van der Waals surface area (Å²) >= 11 is 12.2. The number of H-pyrrole nitrogens is 1. The number of nitrogens with one attached hydrogen (secondary N) is 1. The number of benzene rings is 2. The Morgan fingerprint density at radius 3 is 2.37 bits per heavy atom. The molecule has 1 aromatic heterocycles. The molecule has 0 aliphatic heterocycles. The first kappa shape index (κ1) is 12.3. The molecule has 0 saturated carbocycles. The van der Waals surface area contributed by atoms with Crippen molar-refractivity contribution in [2.24, 2.45) is 0 Å². The van der Waals surface area contributed by atoms with Gasteiger partial charge >= 0.3 is 0 Å². The summed E-state index contributed by atoms with van der Waals surface area (Å²) in [4.78, 5) is 7.68. The first-order valence-electron chi connectivity index (χ1n) is 5.81. The Morgan fingerprint density at radius 1 is 0.895 bits per heavy atom. The quantitative estimate of drug-likeness (QED) is 0.703. The third-order valence-electron chi connectivity index (χ3n) is 2.82. The lowest BCUT2D eigenvalue weighted by molar-refractivity contribution is 1.29. The zero-order chi connectivity index (χ0) is 13.2. The van der Waals surface area contributed by atoms with Crippen LogP contribution in [0.5, 0.6) is 0 Å². The molecule has 4 heteroatoms. The van der Waals surface area contributed by atoms with Crippen LogP contribution in [0.3, 0.4) is 0 Å². The maximum Gasteiger partial charge on any atom is 0.131 e. The Labute approximate surface area is 120 Å². The van der Waals surface area contributed by atoms with Crippen molar-refractivity contribution in [2.75, 3.05) is 0 Å². The van der Waals surface area contributed by atoms with E-state index in [4.69, 9.17) is 23.2 Å². The number of aromatic nitrogens is 2. The highest BCUT2D eigenvalue weighted by molar-refractivity contribution is 6.37. The van der Waals surface area contributed by atoms with Crippen molar-refractivity contribution in [3.8, 4) is 0 Å². The minimum Gasteiger partial charge on any atom is -0.338 e. The van der Waals surface area contributed by atoms with Crippen molar-refractivity contribution < 1.29 is 0 Å². The van der Waals surface area contributed by atoms with Gasteiger partial charge < -0.3 is 4.98 Å². The Hall–Kier alpha value is -1.77. The summed E-state index contributed by atoms with van der Waals surface area (Å²) in [6.07, 6.45) is 3.73. The molecule has 0 aliphatic carbocycles. The number of imidazole rings is 1. The molecule has 0 saturated heterocycles. The normalized spacial score (nSPS) is 11.5. The fourth-order valence-corrected chi connectivity index (χ4v) is 2.41. The minimum absolute atomic E-state index is 0.625. The van der Waals surface area contributed by atoms with Crippen LogP contribution in [0.2, 0.25) is 10.0 Å². The van der Waals surface area contributed by atoms with Gasteiger partial charge in [0, 0.05) is 15.6 Å².